The van der Waals surface area contributed by atoms with Gasteiger partial charge in [-0.3, -0.25) is 4.90 Å². The lowest BCUT2D eigenvalue weighted by molar-refractivity contribution is -0.153. The molecule has 1 amide bonds. The van der Waals surface area contributed by atoms with E-state index in [0.717, 1.165) is 6.42 Å². The standard InChI is InChI=1S/C20H30N2O4/c1-19(2,3)26-18(24)22-14-8-11-20(22,17(23)25-4)12-13-21-15-16-9-6-5-7-10-16/h5-7,9-10,21H,8,11-15H2,1-4H3. The zero-order valence-electron chi connectivity index (χ0n) is 16.2. The average Bonchev–Trinajstić information content (AvgIpc) is 3.03. The molecule has 1 atom stereocenters. The first-order valence-corrected chi connectivity index (χ1v) is 9.12. The first-order valence-electron chi connectivity index (χ1n) is 9.12. The van der Waals surface area contributed by atoms with Crippen molar-refractivity contribution in [2.24, 2.45) is 0 Å². The Labute approximate surface area is 155 Å². The smallest absolute Gasteiger partial charge is 0.411 e. The lowest BCUT2D eigenvalue weighted by Crippen LogP contribution is -2.55. The number of nitrogens with one attached hydrogen (secondary N) is 1. The number of methoxy groups -OCH3 is 1. The minimum Gasteiger partial charge on any atom is -0.467 e. The van der Waals surface area contributed by atoms with Crippen LogP contribution < -0.4 is 5.32 Å². The molecule has 0 spiro atoms. The zero-order valence-corrected chi connectivity index (χ0v) is 16.2. The zero-order chi connectivity index (χ0) is 19.2. The van der Waals surface area contributed by atoms with Crippen LogP contribution in [0.1, 0.15) is 45.6 Å². The van der Waals surface area contributed by atoms with E-state index in [1.807, 2.05) is 51.1 Å². The summed E-state index contributed by atoms with van der Waals surface area (Å²) >= 11 is 0. The van der Waals surface area contributed by atoms with Gasteiger partial charge >= 0.3 is 12.1 Å². The topological polar surface area (TPSA) is 67.9 Å². The number of esters is 1. The highest BCUT2D eigenvalue weighted by atomic mass is 16.6. The summed E-state index contributed by atoms with van der Waals surface area (Å²) in [5.74, 6) is -0.373. The Morgan fingerprint density at radius 3 is 2.54 bits per heavy atom. The summed E-state index contributed by atoms with van der Waals surface area (Å²) in [7, 11) is 1.37. The van der Waals surface area contributed by atoms with E-state index in [1.54, 1.807) is 4.90 Å². The maximum atomic E-state index is 12.6. The van der Waals surface area contributed by atoms with Crippen molar-refractivity contribution in [3.8, 4) is 0 Å². The fraction of sp³-hybridized carbons (Fsp3) is 0.600. The van der Waals surface area contributed by atoms with Gasteiger partial charge in [0, 0.05) is 13.1 Å². The number of amides is 1. The SMILES string of the molecule is COC(=O)C1(CCNCc2ccccc2)CCCN1C(=O)OC(C)(C)C. The summed E-state index contributed by atoms with van der Waals surface area (Å²) in [4.78, 5) is 26.8. The third kappa shape index (κ3) is 4.97. The molecule has 1 aliphatic heterocycles. The number of rotatable bonds is 6. The normalized spacial score (nSPS) is 20.1. The van der Waals surface area contributed by atoms with Crippen LogP contribution in [0.25, 0.3) is 0 Å². The lowest BCUT2D eigenvalue weighted by Gasteiger charge is -2.36. The Kier molecular flexibility index (Phi) is 6.64. The highest BCUT2D eigenvalue weighted by Crippen LogP contribution is 2.35. The Hall–Kier alpha value is -2.08. The first-order chi connectivity index (χ1) is 12.3. The molecule has 0 aromatic heterocycles. The second-order valence-corrected chi connectivity index (χ2v) is 7.67. The minimum atomic E-state index is -0.958. The van der Waals surface area contributed by atoms with Crippen molar-refractivity contribution < 1.29 is 19.1 Å². The molecule has 6 heteroatoms. The molecular formula is C20H30N2O4. The predicted molar refractivity (Wildman–Crippen MR) is 99.7 cm³/mol. The molecule has 0 saturated carbocycles. The molecule has 0 aliphatic carbocycles. The molecular weight excluding hydrogens is 332 g/mol. The van der Waals surface area contributed by atoms with Crippen molar-refractivity contribution in [3.05, 3.63) is 35.9 Å². The van der Waals surface area contributed by atoms with Gasteiger partial charge in [-0.1, -0.05) is 30.3 Å². The second-order valence-electron chi connectivity index (χ2n) is 7.67. The number of carbonyl (C=O) groups is 2. The van der Waals surface area contributed by atoms with Gasteiger partial charge in [-0.25, -0.2) is 9.59 Å². The van der Waals surface area contributed by atoms with Crippen LogP contribution >= 0.6 is 0 Å². The highest BCUT2D eigenvalue weighted by Gasteiger charge is 2.51. The van der Waals surface area contributed by atoms with Gasteiger partial charge in [0.15, 0.2) is 0 Å². The fourth-order valence-corrected chi connectivity index (χ4v) is 3.35. The van der Waals surface area contributed by atoms with E-state index in [-0.39, 0.29) is 5.97 Å². The van der Waals surface area contributed by atoms with Crippen LogP contribution in [0.5, 0.6) is 0 Å². The molecule has 144 valence electrons. The summed E-state index contributed by atoms with van der Waals surface area (Å²) in [6, 6.07) is 10.1. The summed E-state index contributed by atoms with van der Waals surface area (Å²) in [5, 5.41) is 3.35. The summed E-state index contributed by atoms with van der Waals surface area (Å²) < 4.78 is 10.6. The summed E-state index contributed by atoms with van der Waals surface area (Å²) in [5.41, 5.74) is -0.386. The van der Waals surface area contributed by atoms with Crippen molar-refractivity contribution in [2.45, 2.75) is 57.7 Å². The quantitative estimate of drug-likeness (QED) is 0.622. The maximum Gasteiger partial charge on any atom is 0.411 e. The Bertz CT molecular complexity index is 612. The molecule has 1 unspecified atom stereocenters. The van der Waals surface area contributed by atoms with E-state index < -0.39 is 17.2 Å². The minimum absolute atomic E-state index is 0.373. The molecule has 0 bridgehead atoms. The van der Waals surface area contributed by atoms with Crippen LogP contribution in [0, 0.1) is 0 Å². The van der Waals surface area contributed by atoms with Gasteiger partial charge < -0.3 is 14.8 Å². The summed E-state index contributed by atoms with van der Waals surface area (Å²) in [6.45, 7) is 7.28. The van der Waals surface area contributed by atoms with Crippen molar-refractivity contribution in [2.75, 3.05) is 20.2 Å². The van der Waals surface area contributed by atoms with E-state index in [4.69, 9.17) is 9.47 Å². The second kappa shape index (κ2) is 8.54. The van der Waals surface area contributed by atoms with Gasteiger partial charge in [0.2, 0.25) is 0 Å². The van der Waals surface area contributed by atoms with Crippen molar-refractivity contribution in [1.29, 1.82) is 0 Å². The number of hydrogen-bond acceptors (Lipinski definition) is 5. The highest BCUT2D eigenvalue weighted by molar-refractivity contribution is 5.86. The first kappa shape index (κ1) is 20.2. The molecule has 1 aromatic rings. The molecule has 1 fully saturated rings. The molecule has 1 heterocycles. The fourth-order valence-electron chi connectivity index (χ4n) is 3.35. The van der Waals surface area contributed by atoms with E-state index in [2.05, 4.69) is 5.32 Å². The van der Waals surface area contributed by atoms with Crippen molar-refractivity contribution in [3.63, 3.8) is 0 Å². The number of nitrogens with zero attached hydrogens (tertiary/aromatic N) is 1. The van der Waals surface area contributed by atoms with Crippen LogP contribution in [0.4, 0.5) is 4.79 Å². The number of likely N-dealkylation sites (tertiary alicyclic amines) is 1. The predicted octanol–water partition coefficient (Wildman–Crippen LogP) is 3.11. The van der Waals surface area contributed by atoms with E-state index in [1.165, 1.54) is 12.7 Å². The lowest BCUT2D eigenvalue weighted by atomic mass is 9.92. The summed E-state index contributed by atoms with van der Waals surface area (Å²) in [6.07, 6.45) is 1.38. The van der Waals surface area contributed by atoms with Crippen LogP contribution in [0.2, 0.25) is 0 Å². The molecule has 0 radical (unpaired) electrons. The van der Waals surface area contributed by atoms with E-state index in [9.17, 15) is 9.59 Å². The van der Waals surface area contributed by atoms with E-state index in [0.29, 0.717) is 32.5 Å². The molecule has 26 heavy (non-hydrogen) atoms. The molecule has 2 rings (SSSR count). The van der Waals surface area contributed by atoms with Gasteiger partial charge in [-0.2, -0.15) is 0 Å². The third-order valence-corrected chi connectivity index (χ3v) is 4.56. The molecule has 1 saturated heterocycles. The van der Waals surface area contributed by atoms with Gasteiger partial charge in [-0.05, 0) is 52.1 Å². The monoisotopic (exact) mass is 362 g/mol. The van der Waals surface area contributed by atoms with Crippen molar-refractivity contribution >= 4 is 12.1 Å². The van der Waals surface area contributed by atoms with Gasteiger partial charge in [-0.15, -0.1) is 0 Å². The molecule has 1 aliphatic rings. The third-order valence-electron chi connectivity index (χ3n) is 4.56. The van der Waals surface area contributed by atoms with E-state index >= 15 is 0 Å². The van der Waals surface area contributed by atoms with Crippen LogP contribution in [0.15, 0.2) is 30.3 Å². The number of ether oxygens (including phenoxy) is 2. The van der Waals surface area contributed by atoms with Gasteiger partial charge in [0.25, 0.3) is 0 Å². The van der Waals surface area contributed by atoms with Crippen LogP contribution in [0.3, 0.4) is 0 Å². The number of carbonyl (C=O) groups excluding carboxylic acids is 2. The van der Waals surface area contributed by atoms with Crippen LogP contribution in [-0.4, -0.2) is 48.3 Å². The molecule has 1 aromatic carbocycles. The average molecular weight is 362 g/mol. The Balaban J connectivity index is 2.04. The molecule has 6 nitrogen and oxygen atoms in total. The molecule has 1 N–H and O–H groups in total. The number of hydrogen-bond donors (Lipinski definition) is 1. The van der Waals surface area contributed by atoms with Gasteiger partial charge in [0.05, 0.1) is 7.11 Å². The Morgan fingerprint density at radius 2 is 1.92 bits per heavy atom. The Morgan fingerprint density at radius 1 is 1.23 bits per heavy atom. The van der Waals surface area contributed by atoms with Crippen LogP contribution in [-0.2, 0) is 20.8 Å². The number of benzene rings is 1. The van der Waals surface area contributed by atoms with Gasteiger partial charge in [0.1, 0.15) is 11.1 Å². The largest absolute Gasteiger partial charge is 0.467 e. The van der Waals surface area contributed by atoms with Crippen molar-refractivity contribution in [1.82, 2.24) is 10.2 Å². The maximum absolute atomic E-state index is 12.6.